The Kier molecular flexibility index (Phi) is 5.41. The van der Waals surface area contributed by atoms with E-state index < -0.39 is 5.97 Å². The number of nitrogens with one attached hydrogen (secondary N) is 2. The van der Waals surface area contributed by atoms with Crippen LogP contribution in [-0.2, 0) is 13.0 Å². The Morgan fingerprint density at radius 3 is 2.39 bits per heavy atom. The third-order valence-corrected chi connectivity index (χ3v) is 5.16. The second kappa shape index (κ2) is 8.31. The zero-order chi connectivity index (χ0) is 22.0. The summed E-state index contributed by atoms with van der Waals surface area (Å²) in [5, 5.41) is 14.8. The maximum atomic E-state index is 13.0. The van der Waals surface area contributed by atoms with Crippen molar-refractivity contribution in [1.82, 2.24) is 14.9 Å². The van der Waals surface area contributed by atoms with Gasteiger partial charge in [-0.25, -0.2) is 9.31 Å². The van der Waals surface area contributed by atoms with E-state index in [0.717, 1.165) is 16.7 Å². The van der Waals surface area contributed by atoms with Gasteiger partial charge < -0.3 is 10.4 Å². The molecule has 1 amide bonds. The van der Waals surface area contributed by atoms with E-state index in [1.807, 2.05) is 43.3 Å². The number of rotatable bonds is 6. The van der Waals surface area contributed by atoms with Crippen molar-refractivity contribution in [1.29, 1.82) is 0 Å². The fourth-order valence-electron chi connectivity index (χ4n) is 3.51. The normalized spacial score (nSPS) is 10.9. The average Bonchev–Trinajstić information content (AvgIpc) is 3.23. The number of H-pyrrole nitrogens is 1. The number of hydrogen-bond donors (Lipinski definition) is 3. The predicted octanol–water partition coefficient (Wildman–Crippen LogP) is 3.16. The van der Waals surface area contributed by atoms with Gasteiger partial charge in [-0.05, 0) is 47.9 Å². The fourth-order valence-corrected chi connectivity index (χ4v) is 3.51. The molecule has 0 unspecified atom stereocenters. The molecule has 0 saturated heterocycles. The summed E-state index contributed by atoms with van der Waals surface area (Å²) in [4.78, 5) is 36.6. The van der Waals surface area contributed by atoms with E-state index in [9.17, 15) is 14.4 Å². The minimum absolute atomic E-state index is 0.197. The van der Waals surface area contributed by atoms with Crippen LogP contribution in [0.3, 0.4) is 0 Å². The van der Waals surface area contributed by atoms with Crippen molar-refractivity contribution < 1.29 is 14.7 Å². The van der Waals surface area contributed by atoms with Crippen LogP contribution < -0.4 is 10.9 Å². The lowest BCUT2D eigenvalue weighted by Crippen LogP contribution is -2.24. The topological polar surface area (TPSA) is 104 Å². The number of fused-ring (bicyclic) bond motifs is 1. The number of hydrogen-bond acceptors (Lipinski definition) is 3. The molecule has 0 aliphatic rings. The number of aromatic amines is 1. The van der Waals surface area contributed by atoms with Gasteiger partial charge in [0.05, 0.1) is 11.1 Å². The Morgan fingerprint density at radius 2 is 1.71 bits per heavy atom. The molecule has 0 radical (unpaired) electrons. The van der Waals surface area contributed by atoms with E-state index in [1.165, 1.54) is 16.6 Å². The SMILES string of the molecule is Cc1cc(Cc2ccc(C(=O)O)cc2)c(=O)n2[nH]c(C(=O)NCc3ccccc3)cc12. The summed E-state index contributed by atoms with van der Waals surface area (Å²) in [5.74, 6) is -1.29. The molecule has 0 atom stereocenters. The first-order chi connectivity index (χ1) is 14.9. The fraction of sp³-hybridized carbons (Fsp3) is 0.125. The van der Waals surface area contributed by atoms with E-state index in [1.54, 1.807) is 18.2 Å². The monoisotopic (exact) mass is 415 g/mol. The van der Waals surface area contributed by atoms with E-state index in [2.05, 4.69) is 10.4 Å². The van der Waals surface area contributed by atoms with Gasteiger partial charge in [0.2, 0.25) is 0 Å². The number of nitrogens with zero attached hydrogens (tertiary/aromatic N) is 1. The summed E-state index contributed by atoms with van der Waals surface area (Å²) in [6.07, 6.45) is 0.358. The minimum Gasteiger partial charge on any atom is -0.478 e. The lowest BCUT2D eigenvalue weighted by molar-refractivity contribution is 0.0696. The van der Waals surface area contributed by atoms with Crippen molar-refractivity contribution >= 4 is 17.4 Å². The number of aromatic nitrogens is 2. The first-order valence-electron chi connectivity index (χ1n) is 9.81. The van der Waals surface area contributed by atoms with Gasteiger partial charge >= 0.3 is 5.97 Å². The van der Waals surface area contributed by atoms with E-state index in [-0.39, 0.29) is 17.0 Å². The van der Waals surface area contributed by atoms with Gasteiger partial charge in [-0.2, -0.15) is 0 Å². The largest absolute Gasteiger partial charge is 0.478 e. The van der Waals surface area contributed by atoms with Crippen LogP contribution in [0.4, 0.5) is 0 Å². The predicted molar refractivity (Wildman–Crippen MR) is 117 cm³/mol. The lowest BCUT2D eigenvalue weighted by atomic mass is 10.0. The van der Waals surface area contributed by atoms with Gasteiger partial charge in [0, 0.05) is 18.5 Å². The van der Waals surface area contributed by atoms with Crippen molar-refractivity contribution in [3.05, 3.63) is 111 Å². The van der Waals surface area contributed by atoms with Crippen LogP contribution in [0.5, 0.6) is 0 Å². The second-order valence-corrected chi connectivity index (χ2v) is 7.40. The Bertz CT molecular complexity index is 1320. The molecule has 31 heavy (non-hydrogen) atoms. The zero-order valence-electron chi connectivity index (χ0n) is 16.9. The Hall–Kier alpha value is -4.13. The Balaban J connectivity index is 1.58. The molecule has 4 rings (SSSR count). The summed E-state index contributed by atoms with van der Waals surface area (Å²) in [6.45, 7) is 2.27. The zero-order valence-corrected chi connectivity index (χ0v) is 16.9. The number of carbonyl (C=O) groups is 2. The van der Waals surface area contributed by atoms with Crippen LogP contribution in [0, 0.1) is 6.92 Å². The molecule has 0 spiro atoms. The van der Waals surface area contributed by atoms with Crippen molar-refractivity contribution in [3.63, 3.8) is 0 Å². The molecule has 2 aromatic carbocycles. The molecule has 7 heteroatoms. The standard InChI is InChI=1S/C24H21N3O4/c1-15-11-19(12-16-7-9-18(10-8-16)24(30)31)23(29)27-21(15)13-20(26-27)22(28)25-14-17-5-3-2-4-6-17/h2-11,13,26H,12,14H2,1H3,(H,25,28)(H,30,31). The van der Waals surface area contributed by atoms with Crippen LogP contribution in [0.2, 0.25) is 0 Å². The lowest BCUT2D eigenvalue weighted by Gasteiger charge is -2.06. The third-order valence-electron chi connectivity index (χ3n) is 5.16. The third kappa shape index (κ3) is 4.25. The first-order valence-corrected chi connectivity index (χ1v) is 9.81. The second-order valence-electron chi connectivity index (χ2n) is 7.40. The van der Waals surface area contributed by atoms with E-state index in [0.29, 0.717) is 29.7 Å². The van der Waals surface area contributed by atoms with Crippen molar-refractivity contribution in [2.24, 2.45) is 0 Å². The van der Waals surface area contributed by atoms with Crippen LogP contribution in [0.1, 0.15) is 43.1 Å². The molecule has 0 fully saturated rings. The van der Waals surface area contributed by atoms with Crippen LogP contribution in [-0.4, -0.2) is 26.6 Å². The van der Waals surface area contributed by atoms with Crippen LogP contribution >= 0.6 is 0 Å². The molecule has 2 heterocycles. The molecule has 4 aromatic rings. The molecular formula is C24H21N3O4. The van der Waals surface area contributed by atoms with Gasteiger partial charge in [0.15, 0.2) is 0 Å². The van der Waals surface area contributed by atoms with E-state index in [4.69, 9.17) is 5.11 Å². The molecule has 3 N–H and O–H groups in total. The number of carbonyl (C=O) groups excluding carboxylic acids is 1. The number of carboxylic acid groups (broad SMARTS) is 1. The van der Waals surface area contributed by atoms with Crippen molar-refractivity contribution in [2.75, 3.05) is 0 Å². The molecule has 2 aromatic heterocycles. The van der Waals surface area contributed by atoms with Gasteiger partial charge in [-0.15, -0.1) is 0 Å². The first kappa shape index (κ1) is 20.2. The molecule has 0 saturated carbocycles. The average molecular weight is 415 g/mol. The summed E-state index contributed by atoms with van der Waals surface area (Å²) in [5.41, 5.74) is 4.11. The highest BCUT2D eigenvalue weighted by atomic mass is 16.4. The molecule has 7 nitrogen and oxygen atoms in total. The van der Waals surface area contributed by atoms with Gasteiger partial charge in [0.25, 0.3) is 11.5 Å². The van der Waals surface area contributed by atoms with Crippen LogP contribution in [0.15, 0.2) is 71.5 Å². The van der Waals surface area contributed by atoms with Gasteiger partial charge in [-0.1, -0.05) is 42.5 Å². The highest BCUT2D eigenvalue weighted by Gasteiger charge is 2.15. The van der Waals surface area contributed by atoms with E-state index >= 15 is 0 Å². The van der Waals surface area contributed by atoms with Gasteiger partial charge in [0.1, 0.15) is 5.69 Å². The molecule has 0 aliphatic carbocycles. The summed E-state index contributed by atoms with van der Waals surface area (Å²) in [7, 11) is 0. The maximum absolute atomic E-state index is 13.0. The number of aromatic carboxylic acids is 1. The number of benzene rings is 2. The number of aryl methyl sites for hydroxylation is 1. The molecule has 0 bridgehead atoms. The molecule has 156 valence electrons. The van der Waals surface area contributed by atoms with Crippen molar-refractivity contribution in [3.8, 4) is 0 Å². The highest BCUT2D eigenvalue weighted by molar-refractivity contribution is 5.93. The van der Waals surface area contributed by atoms with Gasteiger partial charge in [-0.3, -0.25) is 14.7 Å². The molecular weight excluding hydrogens is 394 g/mol. The summed E-state index contributed by atoms with van der Waals surface area (Å²) >= 11 is 0. The van der Waals surface area contributed by atoms with Crippen molar-refractivity contribution in [2.45, 2.75) is 19.9 Å². The minimum atomic E-state index is -0.992. The number of pyridine rings is 1. The summed E-state index contributed by atoms with van der Waals surface area (Å²) in [6, 6.07) is 19.5. The maximum Gasteiger partial charge on any atom is 0.335 e. The summed E-state index contributed by atoms with van der Waals surface area (Å²) < 4.78 is 1.38. The number of carboxylic acids is 1. The smallest absolute Gasteiger partial charge is 0.335 e. The molecule has 0 aliphatic heterocycles. The van der Waals surface area contributed by atoms with Crippen LogP contribution in [0.25, 0.3) is 5.52 Å². The highest BCUT2D eigenvalue weighted by Crippen LogP contribution is 2.15. The Labute approximate surface area is 178 Å². The quantitative estimate of drug-likeness (QED) is 0.450. The Morgan fingerprint density at radius 1 is 1.00 bits per heavy atom. The number of amides is 1.